The van der Waals surface area contributed by atoms with Gasteiger partial charge in [-0.05, 0) is 13.8 Å². The van der Waals surface area contributed by atoms with Gasteiger partial charge in [0.1, 0.15) is 5.82 Å². The van der Waals surface area contributed by atoms with Gasteiger partial charge in [-0.1, -0.05) is 41.9 Å². The summed E-state index contributed by atoms with van der Waals surface area (Å²) >= 11 is 6.19. The van der Waals surface area contributed by atoms with E-state index in [-0.39, 0.29) is 11.6 Å². The Bertz CT molecular complexity index is 911. The minimum absolute atomic E-state index is 0.207. The number of halogens is 1. The number of carbonyl (C=O) groups is 1. The maximum Gasteiger partial charge on any atom is 0.278 e. The maximum absolute atomic E-state index is 12.5. The Balaban J connectivity index is 1.95. The smallest absolute Gasteiger partial charge is 0.278 e. The molecule has 0 saturated heterocycles. The van der Waals surface area contributed by atoms with E-state index in [1.165, 1.54) is 0 Å². The van der Waals surface area contributed by atoms with Crippen LogP contribution in [0.25, 0.3) is 11.3 Å². The van der Waals surface area contributed by atoms with Crippen LogP contribution in [0.15, 0.2) is 30.3 Å². The van der Waals surface area contributed by atoms with Crippen LogP contribution < -0.4 is 5.32 Å². The number of anilines is 1. The second-order valence-electron chi connectivity index (χ2n) is 5.64. The van der Waals surface area contributed by atoms with E-state index in [1.807, 2.05) is 44.2 Å². The van der Waals surface area contributed by atoms with Crippen LogP contribution in [0.3, 0.4) is 0 Å². The van der Waals surface area contributed by atoms with Crippen molar-refractivity contribution in [1.29, 1.82) is 0 Å². The predicted octanol–water partition coefficient (Wildman–Crippen LogP) is 3.34. The molecule has 2 aromatic heterocycles. The fourth-order valence-electron chi connectivity index (χ4n) is 2.57. The van der Waals surface area contributed by atoms with Crippen LogP contribution >= 0.6 is 11.6 Å². The molecule has 2 heterocycles. The molecular formula is C17H18ClN5O. The normalized spacial score (nSPS) is 10.9. The molecule has 0 aliphatic carbocycles. The summed E-state index contributed by atoms with van der Waals surface area (Å²) in [5.74, 6) is 0.271. The first-order chi connectivity index (χ1) is 11.4. The van der Waals surface area contributed by atoms with E-state index in [1.54, 1.807) is 23.5 Å². The summed E-state index contributed by atoms with van der Waals surface area (Å²) in [6.07, 6.45) is 0. The van der Waals surface area contributed by atoms with E-state index < -0.39 is 0 Å². The summed E-state index contributed by atoms with van der Waals surface area (Å²) in [5.41, 5.74) is 3.67. The lowest BCUT2D eigenvalue weighted by atomic mass is 10.1. The zero-order valence-electron chi connectivity index (χ0n) is 14.0. The largest absolute Gasteiger partial charge is 0.305 e. The minimum Gasteiger partial charge on any atom is -0.305 e. The Morgan fingerprint density at radius 2 is 1.75 bits per heavy atom. The van der Waals surface area contributed by atoms with Crippen molar-refractivity contribution in [2.45, 2.75) is 13.8 Å². The molecule has 124 valence electrons. The van der Waals surface area contributed by atoms with Gasteiger partial charge in [-0.15, -0.1) is 0 Å². The van der Waals surface area contributed by atoms with Crippen LogP contribution in [-0.2, 0) is 14.1 Å². The maximum atomic E-state index is 12.5. The summed E-state index contributed by atoms with van der Waals surface area (Å²) < 4.78 is 3.24. The van der Waals surface area contributed by atoms with Gasteiger partial charge in [0.2, 0.25) is 0 Å². The summed E-state index contributed by atoms with van der Waals surface area (Å²) in [5, 5.41) is 11.9. The van der Waals surface area contributed by atoms with E-state index in [0.717, 1.165) is 22.5 Å². The quantitative estimate of drug-likeness (QED) is 0.793. The molecule has 7 heteroatoms. The molecule has 0 unspecified atom stereocenters. The summed E-state index contributed by atoms with van der Waals surface area (Å²) in [6.45, 7) is 3.74. The Hall–Kier alpha value is -2.60. The molecule has 0 fully saturated rings. The Morgan fingerprint density at radius 1 is 1.08 bits per heavy atom. The molecule has 24 heavy (non-hydrogen) atoms. The van der Waals surface area contributed by atoms with E-state index in [2.05, 4.69) is 15.5 Å². The number of nitrogens with one attached hydrogen (secondary N) is 1. The third-order valence-corrected chi connectivity index (χ3v) is 4.49. The van der Waals surface area contributed by atoms with E-state index >= 15 is 0 Å². The van der Waals surface area contributed by atoms with Gasteiger partial charge in [0.05, 0.1) is 16.4 Å². The van der Waals surface area contributed by atoms with Gasteiger partial charge in [0.25, 0.3) is 5.91 Å². The second kappa shape index (κ2) is 6.13. The van der Waals surface area contributed by atoms with Crippen LogP contribution in [0.4, 0.5) is 5.82 Å². The van der Waals surface area contributed by atoms with Gasteiger partial charge in [0, 0.05) is 25.2 Å². The molecule has 0 radical (unpaired) electrons. The number of aryl methyl sites for hydroxylation is 2. The van der Waals surface area contributed by atoms with Crippen LogP contribution in [0.1, 0.15) is 21.7 Å². The standard InChI is InChI=1S/C17H18ClN5O/c1-10-14(12-8-6-5-7-9-12)20-23(4)16(10)19-17(24)15-13(18)11(2)22(3)21-15/h5-9H,1-4H3,(H,19,24). The molecule has 0 saturated carbocycles. The van der Waals surface area contributed by atoms with Gasteiger partial charge < -0.3 is 5.32 Å². The first-order valence-corrected chi connectivity index (χ1v) is 7.87. The van der Waals surface area contributed by atoms with E-state index in [9.17, 15) is 4.79 Å². The van der Waals surface area contributed by atoms with Gasteiger partial charge in [-0.3, -0.25) is 14.2 Å². The molecule has 0 aliphatic rings. The van der Waals surface area contributed by atoms with Crippen molar-refractivity contribution in [3.05, 3.63) is 52.3 Å². The lowest BCUT2D eigenvalue weighted by Crippen LogP contribution is -2.16. The van der Waals surface area contributed by atoms with Crippen molar-refractivity contribution >= 4 is 23.3 Å². The number of hydrogen-bond acceptors (Lipinski definition) is 3. The van der Waals surface area contributed by atoms with Gasteiger partial charge in [-0.25, -0.2) is 0 Å². The van der Waals surface area contributed by atoms with Crippen molar-refractivity contribution in [3.63, 3.8) is 0 Å². The van der Waals surface area contributed by atoms with Crippen molar-refractivity contribution in [2.75, 3.05) is 5.32 Å². The Labute approximate surface area is 145 Å². The molecule has 3 rings (SSSR count). The predicted molar refractivity (Wildman–Crippen MR) is 94.3 cm³/mol. The molecule has 3 aromatic rings. The number of nitrogens with zero attached hydrogens (tertiary/aromatic N) is 4. The van der Waals surface area contributed by atoms with E-state index in [4.69, 9.17) is 11.6 Å². The van der Waals surface area contributed by atoms with Crippen molar-refractivity contribution < 1.29 is 4.79 Å². The molecular weight excluding hydrogens is 326 g/mol. The average molecular weight is 344 g/mol. The number of rotatable bonds is 3. The monoisotopic (exact) mass is 343 g/mol. The van der Waals surface area contributed by atoms with Crippen LogP contribution in [0, 0.1) is 13.8 Å². The third kappa shape index (κ3) is 2.69. The highest BCUT2D eigenvalue weighted by Crippen LogP contribution is 2.28. The van der Waals surface area contributed by atoms with Crippen LogP contribution in [0.5, 0.6) is 0 Å². The number of hydrogen-bond donors (Lipinski definition) is 1. The third-order valence-electron chi connectivity index (χ3n) is 4.04. The van der Waals surface area contributed by atoms with Crippen molar-refractivity contribution in [3.8, 4) is 11.3 Å². The molecule has 1 amide bonds. The fraction of sp³-hybridized carbons (Fsp3) is 0.235. The summed E-state index contributed by atoms with van der Waals surface area (Å²) in [7, 11) is 3.54. The number of amides is 1. The minimum atomic E-state index is -0.352. The zero-order valence-corrected chi connectivity index (χ0v) is 14.7. The highest BCUT2D eigenvalue weighted by Gasteiger charge is 2.21. The van der Waals surface area contributed by atoms with Crippen molar-refractivity contribution in [2.24, 2.45) is 14.1 Å². The Kier molecular flexibility index (Phi) is 4.15. The molecule has 1 aromatic carbocycles. The summed E-state index contributed by atoms with van der Waals surface area (Å²) in [4.78, 5) is 12.5. The zero-order chi connectivity index (χ0) is 17.4. The molecule has 0 atom stereocenters. The molecule has 0 bridgehead atoms. The first kappa shape index (κ1) is 16.3. The number of carbonyl (C=O) groups excluding carboxylic acids is 1. The average Bonchev–Trinajstić information content (AvgIpc) is 3.00. The number of benzene rings is 1. The Morgan fingerprint density at radius 3 is 2.33 bits per heavy atom. The SMILES string of the molecule is Cc1c(-c2ccccc2)nn(C)c1NC(=O)c1nn(C)c(C)c1Cl. The highest BCUT2D eigenvalue weighted by atomic mass is 35.5. The number of aromatic nitrogens is 4. The summed E-state index contributed by atoms with van der Waals surface area (Å²) in [6, 6.07) is 9.84. The lowest BCUT2D eigenvalue weighted by Gasteiger charge is -2.05. The highest BCUT2D eigenvalue weighted by molar-refractivity contribution is 6.34. The van der Waals surface area contributed by atoms with Gasteiger partial charge in [-0.2, -0.15) is 10.2 Å². The van der Waals surface area contributed by atoms with Crippen molar-refractivity contribution in [1.82, 2.24) is 19.6 Å². The van der Waals surface area contributed by atoms with Crippen LogP contribution in [0.2, 0.25) is 5.02 Å². The second-order valence-corrected chi connectivity index (χ2v) is 6.02. The fourth-order valence-corrected chi connectivity index (χ4v) is 2.81. The molecule has 1 N–H and O–H groups in total. The van der Waals surface area contributed by atoms with E-state index in [0.29, 0.717) is 10.8 Å². The molecule has 6 nitrogen and oxygen atoms in total. The van der Waals surface area contributed by atoms with Gasteiger partial charge >= 0.3 is 0 Å². The van der Waals surface area contributed by atoms with Crippen LogP contribution in [-0.4, -0.2) is 25.5 Å². The topological polar surface area (TPSA) is 64.7 Å². The first-order valence-electron chi connectivity index (χ1n) is 7.49. The van der Waals surface area contributed by atoms with Gasteiger partial charge in [0.15, 0.2) is 5.69 Å². The lowest BCUT2D eigenvalue weighted by molar-refractivity contribution is 0.102. The molecule has 0 spiro atoms. The molecule has 0 aliphatic heterocycles.